The SMILES string of the molecule is CC#Cc1ccc2sc3ccc([C@]4(C)C[C@@H](C(F)(F)F)OC(=N)N4)cc3c2c1. The second kappa shape index (κ2) is 6.42. The largest absolute Gasteiger partial charge is 0.452 e. The van der Waals surface area contributed by atoms with Crippen molar-refractivity contribution in [2.45, 2.75) is 38.1 Å². The van der Waals surface area contributed by atoms with Crippen LogP contribution >= 0.6 is 11.3 Å². The van der Waals surface area contributed by atoms with E-state index in [2.05, 4.69) is 21.9 Å². The Hall–Kier alpha value is -2.72. The number of halogens is 3. The predicted octanol–water partition coefficient (Wildman–Crippen LogP) is 5.52. The molecule has 2 atom stereocenters. The molecular formula is C21H17F3N2OS. The molecule has 3 aromatic rings. The molecule has 1 saturated heterocycles. The lowest BCUT2D eigenvalue weighted by Crippen LogP contribution is -2.55. The first kappa shape index (κ1) is 18.6. The fourth-order valence-corrected chi connectivity index (χ4v) is 4.67. The number of thiophene rings is 1. The normalized spacial score (nSPS) is 22.5. The van der Waals surface area contributed by atoms with E-state index in [4.69, 9.17) is 5.41 Å². The van der Waals surface area contributed by atoms with Crippen molar-refractivity contribution in [3.05, 3.63) is 47.5 Å². The van der Waals surface area contributed by atoms with Crippen LogP contribution in [0.15, 0.2) is 36.4 Å². The van der Waals surface area contributed by atoms with Gasteiger partial charge >= 0.3 is 6.18 Å². The molecule has 0 spiro atoms. The highest BCUT2D eigenvalue weighted by Gasteiger charge is 2.50. The number of rotatable bonds is 1. The Kier molecular flexibility index (Phi) is 4.27. The van der Waals surface area contributed by atoms with Crippen LogP contribution < -0.4 is 5.32 Å². The first-order valence-corrected chi connectivity index (χ1v) is 9.51. The summed E-state index contributed by atoms with van der Waals surface area (Å²) < 4.78 is 46.6. The maximum atomic E-state index is 13.2. The molecule has 0 aliphatic carbocycles. The van der Waals surface area contributed by atoms with Crippen LogP contribution in [0.3, 0.4) is 0 Å². The third-order valence-electron chi connectivity index (χ3n) is 4.98. The van der Waals surface area contributed by atoms with Crippen molar-refractivity contribution >= 4 is 37.5 Å². The number of ether oxygens (including phenoxy) is 1. The Morgan fingerprint density at radius 2 is 1.86 bits per heavy atom. The van der Waals surface area contributed by atoms with Gasteiger partial charge in [-0.1, -0.05) is 12.0 Å². The van der Waals surface area contributed by atoms with Crippen LogP contribution in [0.4, 0.5) is 13.2 Å². The molecule has 2 heterocycles. The maximum absolute atomic E-state index is 13.2. The Balaban J connectivity index is 1.83. The van der Waals surface area contributed by atoms with Gasteiger partial charge in [0, 0.05) is 32.2 Å². The van der Waals surface area contributed by atoms with Crippen molar-refractivity contribution in [2.75, 3.05) is 0 Å². The molecule has 4 rings (SSSR count). The van der Waals surface area contributed by atoms with Crippen LogP contribution in [0.25, 0.3) is 20.2 Å². The number of alkyl halides is 3. The van der Waals surface area contributed by atoms with Crippen LogP contribution in [-0.4, -0.2) is 18.3 Å². The Bertz CT molecular complexity index is 1160. The third kappa shape index (κ3) is 3.18. The molecule has 28 heavy (non-hydrogen) atoms. The summed E-state index contributed by atoms with van der Waals surface area (Å²) in [6.07, 6.45) is -6.84. The average molecular weight is 402 g/mol. The minimum Gasteiger partial charge on any atom is -0.452 e. The van der Waals surface area contributed by atoms with Crippen molar-refractivity contribution < 1.29 is 17.9 Å². The maximum Gasteiger partial charge on any atom is 0.425 e. The number of benzene rings is 2. The number of hydrogen-bond donors (Lipinski definition) is 2. The van der Waals surface area contributed by atoms with E-state index in [1.807, 2.05) is 36.4 Å². The fraction of sp³-hybridized carbons (Fsp3) is 0.286. The monoisotopic (exact) mass is 402 g/mol. The van der Waals surface area contributed by atoms with Gasteiger partial charge in [0.15, 0.2) is 6.10 Å². The van der Waals surface area contributed by atoms with Gasteiger partial charge in [0.2, 0.25) is 0 Å². The Labute approximate surface area is 164 Å². The lowest BCUT2D eigenvalue weighted by molar-refractivity contribution is -0.211. The van der Waals surface area contributed by atoms with Crippen LogP contribution in [-0.2, 0) is 10.3 Å². The Morgan fingerprint density at radius 1 is 1.18 bits per heavy atom. The van der Waals surface area contributed by atoms with Crippen molar-refractivity contribution in [2.24, 2.45) is 0 Å². The quantitative estimate of drug-likeness (QED) is 0.527. The van der Waals surface area contributed by atoms with E-state index in [0.717, 1.165) is 25.7 Å². The summed E-state index contributed by atoms with van der Waals surface area (Å²) in [6.45, 7) is 3.45. The minimum absolute atomic E-state index is 0.307. The number of amidine groups is 1. The summed E-state index contributed by atoms with van der Waals surface area (Å²) in [4.78, 5) is 0. The predicted molar refractivity (Wildman–Crippen MR) is 106 cm³/mol. The first-order chi connectivity index (χ1) is 13.2. The van der Waals surface area contributed by atoms with E-state index in [0.29, 0.717) is 5.56 Å². The fourth-order valence-electron chi connectivity index (χ4n) is 3.60. The number of fused-ring (bicyclic) bond motifs is 3. The van der Waals surface area contributed by atoms with Gasteiger partial charge in [-0.25, -0.2) is 0 Å². The summed E-state index contributed by atoms with van der Waals surface area (Å²) in [5, 5.41) is 12.5. The molecule has 0 bridgehead atoms. The second-order valence-electron chi connectivity index (χ2n) is 7.04. The van der Waals surface area contributed by atoms with Crippen LogP contribution in [0.1, 0.15) is 31.4 Å². The molecule has 3 nitrogen and oxygen atoms in total. The Morgan fingerprint density at radius 3 is 2.54 bits per heavy atom. The summed E-state index contributed by atoms with van der Waals surface area (Å²) in [5.74, 6) is 5.92. The van der Waals surface area contributed by atoms with Gasteiger partial charge in [-0.2, -0.15) is 13.2 Å². The molecule has 1 fully saturated rings. The highest BCUT2D eigenvalue weighted by molar-refractivity contribution is 7.25. The highest BCUT2D eigenvalue weighted by atomic mass is 32.1. The molecule has 144 valence electrons. The summed E-state index contributed by atoms with van der Waals surface area (Å²) in [5.41, 5.74) is 0.530. The summed E-state index contributed by atoms with van der Waals surface area (Å²) in [6, 6.07) is 11.1. The van der Waals surface area contributed by atoms with Crippen LogP contribution in [0, 0.1) is 17.3 Å². The number of nitrogens with one attached hydrogen (secondary N) is 2. The zero-order valence-electron chi connectivity index (χ0n) is 15.2. The van der Waals surface area contributed by atoms with Crippen molar-refractivity contribution in [1.29, 1.82) is 5.41 Å². The molecule has 7 heteroatoms. The smallest absolute Gasteiger partial charge is 0.425 e. The summed E-state index contributed by atoms with van der Waals surface area (Å²) >= 11 is 1.63. The lowest BCUT2D eigenvalue weighted by atomic mass is 9.84. The van der Waals surface area contributed by atoms with E-state index >= 15 is 0 Å². The van der Waals surface area contributed by atoms with Gasteiger partial charge in [0.1, 0.15) is 0 Å². The number of hydrogen-bond acceptors (Lipinski definition) is 3. The van der Waals surface area contributed by atoms with Crippen molar-refractivity contribution in [3.63, 3.8) is 0 Å². The third-order valence-corrected chi connectivity index (χ3v) is 6.14. The van der Waals surface area contributed by atoms with E-state index in [1.54, 1.807) is 25.2 Å². The van der Waals surface area contributed by atoms with Crippen molar-refractivity contribution in [1.82, 2.24) is 5.32 Å². The molecular weight excluding hydrogens is 385 g/mol. The molecule has 2 N–H and O–H groups in total. The second-order valence-corrected chi connectivity index (χ2v) is 8.12. The zero-order chi connectivity index (χ0) is 20.1. The van der Waals surface area contributed by atoms with Gasteiger partial charge in [-0.3, -0.25) is 5.41 Å². The lowest BCUT2D eigenvalue weighted by Gasteiger charge is -2.40. The molecule has 1 aromatic heterocycles. The van der Waals surface area contributed by atoms with E-state index < -0.39 is 23.8 Å². The molecule has 0 radical (unpaired) electrons. The molecule has 1 aliphatic rings. The van der Waals surface area contributed by atoms with Gasteiger partial charge in [-0.05, 0) is 49.7 Å². The van der Waals surface area contributed by atoms with Gasteiger partial charge < -0.3 is 10.1 Å². The molecule has 0 unspecified atom stereocenters. The van der Waals surface area contributed by atoms with Crippen LogP contribution in [0.5, 0.6) is 0 Å². The molecule has 0 saturated carbocycles. The van der Waals surface area contributed by atoms with Crippen molar-refractivity contribution in [3.8, 4) is 11.8 Å². The minimum atomic E-state index is -4.53. The van der Waals surface area contributed by atoms with Gasteiger partial charge in [0.05, 0.1) is 5.54 Å². The van der Waals surface area contributed by atoms with Crippen LogP contribution in [0.2, 0.25) is 0 Å². The van der Waals surface area contributed by atoms with E-state index in [9.17, 15) is 13.2 Å². The molecule has 0 amide bonds. The van der Waals surface area contributed by atoms with Gasteiger partial charge in [0.25, 0.3) is 6.02 Å². The summed E-state index contributed by atoms with van der Waals surface area (Å²) in [7, 11) is 0. The highest BCUT2D eigenvalue weighted by Crippen LogP contribution is 2.40. The first-order valence-electron chi connectivity index (χ1n) is 8.69. The average Bonchev–Trinajstić information content (AvgIpc) is 2.98. The van der Waals surface area contributed by atoms with Gasteiger partial charge in [-0.15, -0.1) is 17.3 Å². The zero-order valence-corrected chi connectivity index (χ0v) is 16.0. The van der Waals surface area contributed by atoms with E-state index in [-0.39, 0.29) is 6.42 Å². The topological polar surface area (TPSA) is 45.1 Å². The molecule has 1 aliphatic heterocycles. The standard InChI is InChI=1S/C21H17F3N2OS/c1-3-4-12-5-7-16-14(9-12)15-10-13(6-8-17(15)28-16)20(2)11-18(21(22,23)24)27-19(25)26-20/h5-10,18H,11H2,1-2H3,(H2,25,26)/t18-,20-/m0/s1. The van der Waals surface area contributed by atoms with E-state index in [1.165, 1.54) is 0 Å². The molecule has 2 aromatic carbocycles.